The fourth-order valence-electron chi connectivity index (χ4n) is 2.16. The Bertz CT molecular complexity index is 543. The molecule has 0 spiro atoms. The Kier molecular flexibility index (Phi) is 2.81. The molecule has 0 aliphatic carbocycles. The third-order valence-corrected chi connectivity index (χ3v) is 4.09. The van der Waals surface area contributed by atoms with Crippen molar-refractivity contribution in [2.24, 2.45) is 0 Å². The second-order valence-electron chi connectivity index (χ2n) is 4.23. The maximum Gasteiger partial charge on any atom is 0.227 e. The first-order chi connectivity index (χ1) is 8.34. The van der Waals surface area contributed by atoms with E-state index in [1.165, 1.54) is 0 Å². The van der Waals surface area contributed by atoms with Gasteiger partial charge in [0.1, 0.15) is 0 Å². The molecule has 1 aliphatic rings. The van der Waals surface area contributed by atoms with Crippen molar-refractivity contribution in [2.45, 2.75) is 6.42 Å². The zero-order valence-electron chi connectivity index (χ0n) is 9.48. The van der Waals surface area contributed by atoms with E-state index in [1.54, 1.807) is 0 Å². The monoisotopic (exact) mass is 246 g/mol. The van der Waals surface area contributed by atoms with Crippen LogP contribution in [0.2, 0.25) is 0 Å². The number of hydrogen-bond acceptors (Lipinski definition) is 2. The lowest BCUT2D eigenvalue weighted by atomic mass is 10.1. The third kappa shape index (κ3) is 2.05. The van der Waals surface area contributed by atoms with Crippen LogP contribution in [0.4, 0.5) is 0 Å². The Hall–Kier alpha value is -1.42. The molecule has 1 saturated heterocycles. The van der Waals surface area contributed by atoms with E-state index in [9.17, 15) is 4.79 Å². The molecule has 1 aromatic carbocycles. The summed E-state index contributed by atoms with van der Waals surface area (Å²) in [6, 6.07) is 8.11. The number of thioether (sulfide) groups is 1. The average Bonchev–Trinajstić information content (AvgIpc) is 2.98. The summed E-state index contributed by atoms with van der Waals surface area (Å²) >= 11 is 1.82. The van der Waals surface area contributed by atoms with Gasteiger partial charge in [-0.1, -0.05) is 18.2 Å². The average molecular weight is 246 g/mol. The number of nitrogens with zero attached hydrogens (tertiary/aromatic N) is 1. The lowest BCUT2D eigenvalue weighted by molar-refractivity contribution is -0.128. The van der Waals surface area contributed by atoms with E-state index in [0.717, 1.165) is 34.6 Å². The minimum absolute atomic E-state index is 0.236. The third-order valence-electron chi connectivity index (χ3n) is 3.12. The molecule has 88 valence electrons. The number of carbonyl (C=O) groups excluding carboxylic acids is 1. The van der Waals surface area contributed by atoms with E-state index in [2.05, 4.69) is 11.1 Å². The van der Waals surface area contributed by atoms with E-state index in [0.29, 0.717) is 6.42 Å². The first-order valence-corrected chi connectivity index (χ1v) is 6.90. The molecule has 17 heavy (non-hydrogen) atoms. The van der Waals surface area contributed by atoms with Gasteiger partial charge < -0.3 is 9.88 Å². The van der Waals surface area contributed by atoms with Crippen LogP contribution in [0.3, 0.4) is 0 Å². The van der Waals surface area contributed by atoms with Crippen LogP contribution in [-0.4, -0.2) is 34.0 Å². The SMILES string of the molecule is O=C(Cc1c[nH]c2ccccc12)N1CCSC1. The molecule has 0 unspecified atom stereocenters. The number of fused-ring (bicyclic) bond motifs is 1. The normalized spacial score (nSPS) is 15.6. The Morgan fingerprint density at radius 3 is 3.12 bits per heavy atom. The summed E-state index contributed by atoms with van der Waals surface area (Å²) in [6.45, 7) is 0.895. The minimum Gasteiger partial charge on any atom is -0.361 e. The van der Waals surface area contributed by atoms with Gasteiger partial charge in [0.05, 0.1) is 12.3 Å². The van der Waals surface area contributed by atoms with Gasteiger partial charge in [-0.2, -0.15) is 0 Å². The summed E-state index contributed by atoms with van der Waals surface area (Å²) in [7, 11) is 0. The van der Waals surface area contributed by atoms with Crippen molar-refractivity contribution in [3.8, 4) is 0 Å². The molecule has 1 aromatic heterocycles. The number of hydrogen-bond donors (Lipinski definition) is 1. The topological polar surface area (TPSA) is 36.1 Å². The summed E-state index contributed by atoms with van der Waals surface area (Å²) in [6.07, 6.45) is 2.45. The summed E-state index contributed by atoms with van der Waals surface area (Å²) in [4.78, 5) is 17.2. The molecule has 1 amide bonds. The Morgan fingerprint density at radius 2 is 2.29 bits per heavy atom. The number of carbonyl (C=O) groups is 1. The van der Waals surface area contributed by atoms with Crippen LogP contribution in [0.15, 0.2) is 30.5 Å². The number of nitrogens with one attached hydrogen (secondary N) is 1. The van der Waals surface area contributed by atoms with E-state index in [-0.39, 0.29) is 5.91 Å². The number of rotatable bonds is 2. The van der Waals surface area contributed by atoms with Gasteiger partial charge in [-0.3, -0.25) is 4.79 Å². The second-order valence-corrected chi connectivity index (χ2v) is 5.31. The maximum atomic E-state index is 12.1. The quantitative estimate of drug-likeness (QED) is 0.882. The minimum atomic E-state index is 0.236. The van der Waals surface area contributed by atoms with Gasteiger partial charge in [-0.05, 0) is 11.6 Å². The van der Waals surface area contributed by atoms with Gasteiger partial charge in [0.2, 0.25) is 5.91 Å². The largest absolute Gasteiger partial charge is 0.361 e. The molecular formula is C13H14N2OS. The first-order valence-electron chi connectivity index (χ1n) is 5.75. The van der Waals surface area contributed by atoms with Gasteiger partial charge in [-0.15, -0.1) is 11.8 Å². The van der Waals surface area contributed by atoms with Crippen molar-refractivity contribution in [2.75, 3.05) is 18.2 Å². The lowest BCUT2D eigenvalue weighted by Crippen LogP contribution is -2.29. The van der Waals surface area contributed by atoms with Gasteiger partial charge in [-0.25, -0.2) is 0 Å². The Labute approximate surface area is 104 Å². The molecule has 1 fully saturated rings. The van der Waals surface area contributed by atoms with E-state index < -0.39 is 0 Å². The van der Waals surface area contributed by atoms with Crippen LogP contribution >= 0.6 is 11.8 Å². The van der Waals surface area contributed by atoms with Crippen molar-refractivity contribution in [1.82, 2.24) is 9.88 Å². The molecule has 4 heteroatoms. The maximum absolute atomic E-state index is 12.1. The van der Waals surface area contributed by atoms with Gasteiger partial charge in [0, 0.05) is 29.4 Å². The second kappa shape index (κ2) is 4.45. The van der Waals surface area contributed by atoms with Crippen LogP contribution < -0.4 is 0 Å². The molecule has 3 rings (SSSR count). The molecule has 2 aromatic rings. The highest BCUT2D eigenvalue weighted by molar-refractivity contribution is 7.99. The number of para-hydroxylation sites is 1. The Morgan fingerprint density at radius 1 is 1.41 bits per heavy atom. The zero-order chi connectivity index (χ0) is 11.7. The number of aromatic amines is 1. The van der Waals surface area contributed by atoms with Gasteiger partial charge in [0.25, 0.3) is 0 Å². The van der Waals surface area contributed by atoms with Gasteiger partial charge >= 0.3 is 0 Å². The highest BCUT2D eigenvalue weighted by Crippen LogP contribution is 2.20. The summed E-state index contributed by atoms with van der Waals surface area (Å²) < 4.78 is 0. The number of aromatic nitrogens is 1. The van der Waals surface area contributed by atoms with Crippen molar-refractivity contribution in [3.63, 3.8) is 0 Å². The van der Waals surface area contributed by atoms with Crippen molar-refractivity contribution >= 4 is 28.6 Å². The fourth-order valence-corrected chi connectivity index (χ4v) is 3.14. The standard InChI is InChI=1S/C13H14N2OS/c16-13(15-5-6-17-9-15)7-10-8-14-12-4-2-1-3-11(10)12/h1-4,8,14H,5-7,9H2. The summed E-state index contributed by atoms with van der Waals surface area (Å²) in [5.41, 5.74) is 2.20. The van der Waals surface area contributed by atoms with Crippen molar-refractivity contribution < 1.29 is 4.79 Å². The molecule has 0 atom stereocenters. The highest BCUT2D eigenvalue weighted by atomic mass is 32.2. The molecule has 1 aliphatic heterocycles. The first kappa shape index (κ1) is 10.7. The molecule has 1 N–H and O–H groups in total. The molecule has 2 heterocycles. The van der Waals surface area contributed by atoms with Crippen LogP contribution in [0.25, 0.3) is 10.9 Å². The smallest absolute Gasteiger partial charge is 0.227 e. The van der Waals surface area contributed by atoms with Crippen LogP contribution in [0.5, 0.6) is 0 Å². The van der Waals surface area contributed by atoms with Gasteiger partial charge in [0.15, 0.2) is 0 Å². The summed E-state index contributed by atoms with van der Waals surface area (Å²) in [5, 5.41) is 1.16. The van der Waals surface area contributed by atoms with E-state index >= 15 is 0 Å². The van der Waals surface area contributed by atoms with E-state index in [1.807, 2.05) is 41.1 Å². The molecule has 0 bridgehead atoms. The molecule has 0 radical (unpaired) electrons. The number of H-pyrrole nitrogens is 1. The van der Waals surface area contributed by atoms with Crippen molar-refractivity contribution in [1.29, 1.82) is 0 Å². The van der Waals surface area contributed by atoms with Crippen LogP contribution in [0.1, 0.15) is 5.56 Å². The Balaban J connectivity index is 1.82. The highest BCUT2D eigenvalue weighted by Gasteiger charge is 2.19. The van der Waals surface area contributed by atoms with Crippen LogP contribution in [-0.2, 0) is 11.2 Å². The molecule has 0 saturated carbocycles. The fraction of sp³-hybridized carbons (Fsp3) is 0.308. The molecule has 3 nitrogen and oxygen atoms in total. The number of benzene rings is 1. The lowest BCUT2D eigenvalue weighted by Gasteiger charge is -2.13. The number of amides is 1. The van der Waals surface area contributed by atoms with E-state index in [4.69, 9.17) is 0 Å². The predicted octanol–water partition coefficient (Wildman–Crippen LogP) is 2.24. The molecular weight excluding hydrogens is 232 g/mol. The van der Waals surface area contributed by atoms with Crippen molar-refractivity contribution in [3.05, 3.63) is 36.0 Å². The zero-order valence-corrected chi connectivity index (χ0v) is 10.3. The predicted molar refractivity (Wildman–Crippen MR) is 71.0 cm³/mol. The summed E-state index contributed by atoms with van der Waals surface area (Å²) in [5.74, 6) is 2.15. The van der Waals surface area contributed by atoms with Crippen LogP contribution in [0, 0.1) is 0 Å².